The maximum atomic E-state index is 4.97. The number of rotatable bonds is 6. The van der Waals surface area contributed by atoms with E-state index in [1.54, 1.807) is 0 Å². The Balaban J connectivity index is 0.00000210. The highest BCUT2D eigenvalue weighted by atomic mass is 79.9. The van der Waals surface area contributed by atoms with Gasteiger partial charge in [-0.2, -0.15) is 0 Å². The molecule has 142 valence electrons. The summed E-state index contributed by atoms with van der Waals surface area (Å²) in [6.45, 7) is 8.55. The summed E-state index contributed by atoms with van der Waals surface area (Å²) in [7, 11) is 0. The molecule has 0 aliphatic heterocycles. The molecule has 27 heavy (non-hydrogen) atoms. The summed E-state index contributed by atoms with van der Waals surface area (Å²) < 4.78 is 5.64. The van der Waals surface area contributed by atoms with Gasteiger partial charge in [0, 0.05) is 29.3 Å². The normalized spacial score (nSPS) is 11.4. The van der Waals surface area contributed by atoms with Crippen molar-refractivity contribution in [3.8, 4) is 11.3 Å². The zero-order chi connectivity index (χ0) is 18.1. The van der Waals surface area contributed by atoms with Gasteiger partial charge in [0.2, 0.25) is 5.78 Å². The molecule has 0 saturated heterocycles. The summed E-state index contributed by atoms with van der Waals surface area (Å²) in [6, 6.07) is 16.9. The summed E-state index contributed by atoms with van der Waals surface area (Å²) in [6.07, 6.45) is 2.15. The van der Waals surface area contributed by atoms with E-state index in [4.69, 9.17) is 4.98 Å². The minimum absolute atomic E-state index is 0. The average Bonchev–Trinajstić information content (AvgIpc) is 3.22. The van der Waals surface area contributed by atoms with Crippen molar-refractivity contribution in [1.82, 2.24) is 18.9 Å². The quantitative estimate of drug-likeness (QED) is 0.348. The van der Waals surface area contributed by atoms with Gasteiger partial charge in [0.25, 0.3) is 0 Å². The molecule has 0 radical (unpaired) electrons. The molecule has 4 nitrogen and oxygen atoms in total. The third-order valence-electron chi connectivity index (χ3n) is 5.04. The molecule has 2 aromatic carbocycles. The Morgan fingerprint density at radius 3 is 2.30 bits per heavy atom. The molecule has 0 N–H and O–H groups in total. The van der Waals surface area contributed by atoms with Crippen LogP contribution in [0.2, 0.25) is 0 Å². The van der Waals surface area contributed by atoms with Crippen molar-refractivity contribution in [2.24, 2.45) is 0 Å². The van der Waals surface area contributed by atoms with Crippen LogP contribution in [0.25, 0.3) is 28.1 Å². The topological polar surface area (TPSA) is 25.5 Å². The van der Waals surface area contributed by atoms with Crippen LogP contribution in [0.15, 0.2) is 59.2 Å². The minimum atomic E-state index is 0. The molecule has 2 aromatic heterocycles. The molecule has 2 heterocycles. The van der Waals surface area contributed by atoms with Crippen LogP contribution in [-0.4, -0.2) is 38.5 Å². The van der Waals surface area contributed by atoms with Gasteiger partial charge in [0.05, 0.1) is 16.7 Å². The van der Waals surface area contributed by atoms with E-state index in [0.717, 1.165) is 47.7 Å². The molecule has 0 atom stereocenters. The smallest absolute Gasteiger partial charge is 0.215 e. The highest BCUT2D eigenvalue weighted by Gasteiger charge is 2.15. The Kier molecular flexibility index (Phi) is 6.40. The maximum Gasteiger partial charge on any atom is 0.215 e. The maximum absolute atomic E-state index is 4.97. The van der Waals surface area contributed by atoms with Gasteiger partial charge in [-0.05, 0) is 37.4 Å². The SMILES string of the molecule is Br.CCN(CC)CCn1c2ccccc2n2cc(-c3ccc(Br)cc3)nc12. The lowest BCUT2D eigenvalue weighted by molar-refractivity contribution is 0.293. The average molecular weight is 492 g/mol. The number of hydrogen-bond donors (Lipinski definition) is 0. The van der Waals surface area contributed by atoms with Crippen molar-refractivity contribution >= 4 is 49.7 Å². The Morgan fingerprint density at radius 1 is 0.963 bits per heavy atom. The molecule has 6 heteroatoms. The third kappa shape index (κ3) is 3.84. The molecule has 0 unspecified atom stereocenters. The summed E-state index contributed by atoms with van der Waals surface area (Å²) in [5.74, 6) is 1.01. The van der Waals surface area contributed by atoms with Crippen LogP contribution in [0.5, 0.6) is 0 Å². The van der Waals surface area contributed by atoms with Gasteiger partial charge in [-0.25, -0.2) is 4.98 Å². The first-order chi connectivity index (χ1) is 12.7. The minimum Gasteiger partial charge on any atom is -0.308 e. The lowest BCUT2D eigenvalue weighted by Gasteiger charge is -2.18. The van der Waals surface area contributed by atoms with Crippen LogP contribution in [0.4, 0.5) is 0 Å². The number of benzene rings is 2. The van der Waals surface area contributed by atoms with E-state index in [-0.39, 0.29) is 17.0 Å². The first-order valence-electron chi connectivity index (χ1n) is 9.16. The molecule has 0 saturated carbocycles. The number of hydrogen-bond acceptors (Lipinski definition) is 2. The number of aromatic nitrogens is 3. The van der Waals surface area contributed by atoms with E-state index >= 15 is 0 Å². The Labute approximate surface area is 178 Å². The van der Waals surface area contributed by atoms with Crippen LogP contribution in [0.3, 0.4) is 0 Å². The van der Waals surface area contributed by atoms with Gasteiger partial charge in [-0.1, -0.05) is 54.0 Å². The van der Waals surface area contributed by atoms with Crippen LogP contribution >= 0.6 is 32.9 Å². The second-order valence-electron chi connectivity index (χ2n) is 6.47. The van der Waals surface area contributed by atoms with Gasteiger partial charge >= 0.3 is 0 Å². The van der Waals surface area contributed by atoms with Gasteiger partial charge in [0.1, 0.15) is 0 Å². The molecular formula is C21H24Br2N4. The van der Waals surface area contributed by atoms with E-state index < -0.39 is 0 Å². The highest BCUT2D eigenvalue weighted by Crippen LogP contribution is 2.26. The zero-order valence-corrected chi connectivity index (χ0v) is 18.9. The van der Waals surface area contributed by atoms with Gasteiger partial charge in [0.15, 0.2) is 0 Å². The van der Waals surface area contributed by atoms with E-state index in [1.807, 2.05) is 0 Å². The number of fused-ring (bicyclic) bond motifs is 3. The lowest BCUT2D eigenvalue weighted by Crippen LogP contribution is -2.27. The first-order valence-corrected chi connectivity index (χ1v) is 9.95. The fourth-order valence-electron chi connectivity index (χ4n) is 3.50. The lowest BCUT2D eigenvalue weighted by atomic mass is 10.2. The summed E-state index contributed by atoms with van der Waals surface area (Å²) in [5, 5.41) is 0. The number of para-hydroxylation sites is 2. The van der Waals surface area contributed by atoms with Crippen LogP contribution in [-0.2, 0) is 6.54 Å². The van der Waals surface area contributed by atoms with Crippen molar-refractivity contribution in [2.75, 3.05) is 19.6 Å². The standard InChI is InChI=1S/C21H23BrN4.BrH/c1-3-24(4-2)13-14-25-19-7-5-6-8-20(19)26-15-18(23-21(25)26)16-9-11-17(22)12-10-16;/h5-12,15H,3-4,13-14H2,1-2H3;1H. The fourth-order valence-corrected chi connectivity index (χ4v) is 3.77. The highest BCUT2D eigenvalue weighted by molar-refractivity contribution is 9.10. The van der Waals surface area contributed by atoms with Gasteiger partial charge in [-0.15, -0.1) is 17.0 Å². The summed E-state index contributed by atoms with van der Waals surface area (Å²) >= 11 is 3.50. The number of imidazole rings is 2. The van der Waals surface area contributed by atoms with Gasteiger partial charge in [-0.3, -0.25) is 4.40 Å². The zero-order valence-electron chi connectivity index (χ0n) is 15.6. The van der Waals surface area contributed by atoms with Crippen molar-refractivity contribution in [1.29, 1.82) is 0 Å². The molecule has 0 aliphatic carbocycles. The van der Waals surface area contributed by atoms with Gasteiger partial charge < -0.3 is 9.47 Å². The monoisotopic (exact) mass is 490 g/mol. The fraction of sp³-hybridized carbons (Fsp3) is 0.286. The molecule has 0 bridgehead atoms. The van der Waals surface area contributed by atoms with Crippen molar-refractivity contribution < 1.29 is 0 Å². The number of halogens is 2. The molecule has 0 spiro atoms. The Morgan fingerprint density at radius 2 is 1.63 bits per heavy atom. The Bertz CT molecular complexity index is 1030. The van der Waals surface area contributed by atoms with E-state index in [1.165, 1.54) is 11.0 Å². The second-order valence-corrected chi connectivity index (χ2v) is 7.39. The van der Waals surface area contributed by atoms with Crippen molar-refractivity contribution in [3.05, 3.63) is 59.2 Å². The predicted molar refractivity (Wildman–Crippen MR) is 122 cm³/mol. The van der Waals surface area contributed by atoms with Crippen LogP contribution < -0.4 is 0 Å². The Hall–Kier alpha value is -1.63. The largest absolute Gasteiger partial charge is 0.308 e. The number of nitrogens with zero attached hydrogens (tertiary/aromatic N) is 4. The summed E-state index contributed by atoms with van der Waals surface area (Å²) in [5.41, 5.74) is 4.59. The molecule has 0 aliphatic rings. The first kappa shape index (κ1) is 20.1. The summed E-state index contributed by atoms with van der Waals surface area (Å²) in [4.78, 5) is 7.42. The van der Waals surface area contributed by atoms with E-state index in [9.17, 15) is 0 Å². The molecule has 0 amide bonds. The third-order valence-corrected chi connectivity index (χ3v) is 5.56. The molecule has 4 aromatic rings. The molecule has 4 rings (SSSR count). The van der Waals surface area contributed by atoms with E-state index in [0.29, 0.717) is 0 Å². The van der Waals surface area contributed by atoms with Crippen LogP contribution in [0, 0.1) is 0 Å². The molecule has 0 fully saturated rings. The van der Waals surface area contributed by atoms with Crippen molar-refractivity contribution in [2.45, 2.75) is 20.4 Å². The molecular weight excluding hydrogens is 468 g/mol. The van der Waals surface area contributed by atoms with E-state index in [2.05, 4.69) is 98.4 Å². The van der Waals surface area contributed by atoms with Crippen LogP contribution in [0.1, 0.15) is 13.8 Å². The number of likely N-dealkylation sites (N-methyl/N-ethyl adjacent to an activating group) is 1. The predicted octanol–water partition coefficient (Wildman–Crippen LogP) is 5.64. The second kappa shape index (κ2) is 8.59. The van der Waals surface area contributed by atoms with Crippen molar-refractivity contribution in [3.63, 3.8) is 0 Å².